The van der Waals surface area contributed by atoms with Gasteiger partial charge in [-0.2, -0.15) is 0 Å². The number of rotatable bonds is 2. The second-order valence-corrected chi connectivity index (χ2v) is 5.16. The van der Waals surface area contributed by atoms with Gasteiger partial charge in [-0.3, -0.25) is 9.59 Å². The van der Waals surface area contributed by atoms with Gasteiger partial charge in [0.25, 0.3) is 0 Å². The summed E-state index contributed by atoms with van der Waals surface area (Å²) in [5, 5.41) is 0. The highest BCUT2D eigenvalue weighted by Gasteiger charge is 2.27. The number of hydrogen-bond donors (Lipinski definition) is 0. The fourth-order valence-corrected chi connectivity index (χ4v) is 2.63. The molecule has 1 aliphatic heterocycles. The van der Waals surface area contributed by atoms with Gasteiger partial charge in [-0.05, 0) is 23.3 Å². The Kier molecular flexibility index (Phi) is 4.04. The summed E-state index contributed by atoms with van der Waals surface area (Å²) in [5.41, 5.74) is 1.98. The molecule has 0 fully saturated rings. The molecule has 0 saturated carbocycles. The Balaban J connectivity index is 2.39. The van der Waals surface area contributed by atoms with E-state index in [1.165, 1.54) is 13.8 Å². The van der Waals surface area contributed by atoms with Crippen LogP contribution in [0, 0.1) is 0 Å². The van der Waals surface area contributed by atoms with Crippen molar-refractivity contribution in [1.82, 2.24) is 4.90 Å². The van der Waals surface area contributed by atoms with E-state index < -0.39 is 0 Å². The molecule has 0 aromatic heterocycles. The number of esters is 1. The Morgan fingerprint density at radius 1 is 1.37 bits per heavy atom. The maximum absolute atomic E-state index is 11.7. The van der Waals surface area contributed by atoms with Crippen LogP contribution in [0.5, 0.6) is 0 Å². The number of ether oxygens (including phenoxy) is 1. The molecule has 0 saturated heterocycles. The first kappa shape index (κ1) is 13.8. The van der Waals surface area contributed by atoms with Gasteiger partial charge in [0.2, 0.25) is 5.91 Å². The van der Waals surface area contributed by atoms with E-state index in [9.17, 15) is 9.59 Å². The first-order valence-electron chi connectivity index (χ1n) is 5.89. The van der Waals surface area contributed by atoms with Crippen molar-refractivity contribution in [2.24, 2.45) is 0 Å². The number of halogens is 1. The SMILES string of the molecule is CC(=O)OCC1c2cccc(Br)c2C=CN1C(C)=O. The molecule has 4 nitrogen and oxygen atoms in total. The van der Waals surface area contributed by atoms with Crippen LogP contribution in [0.3, 0.4) is 0 Å². The van der Waals surface area contributed by atoms with E-state index >= 15 is 0 Å². The average Bonchev–Trinajstić information content (AvgIpc) is 2.35. The number of fused-ring (bicyclic) bond motifs is 1. The van der Waals surface area contributed by atoms with Gasteiger partial charge in [0.15, 0.2) is 0 Å². The van der Waals surface area contributed by atoms with Crippen LogP contribution in [0.15, 0.2) is 28.9 Å². The molecule has 1 aliphatic rings. The van der Waals surface area contributed by atoms with Crippen molar-refractivity contribution in [3.63, 3.8) is 0 Å². The van der Waals surface area contributed by atoms with Crippen molar-refractivity contribution in [2.45, 2.75) is 19.9 Å². The van der Waals surface area contributed by atoms with Crippen LogP contribution in [0.2, 0.25) is 0 Å². The van der Waals surface area contributed by atoms with E-state index in [2.05, 4.69) is 15.9 Å². The first-order valence-corrected chi connectivity index (χ1v) is 6.69. The molecular formula is C14H14BrNO3. The highest BCUT2D eigenvalue weighted by atomic mass is 79.9. The summed E-state index contributed by atoms with van der Waals surface area (Å²) in [6, 6.07) is 5.50. The molecule has 1 heterocycles. The molecule has 100 valence electrons. The van der Waals surface area contributed by atoms with Crippen molar-refractivity contribution >= 4 is 33.9 Å². The third-order valence-electron chi connectivity index (χ3n) is 2.99. The molecule has 5 heteroatoms. The molecule has 0 bridgehead atoms. The Labute approximate surface area is 120 Å². The van der Waals surface area contributed by atoms with Crippen molar-refractivity contribution in [2.75, 3.05) is 6.61 Å². The number of amides is 1. The van der Waals surface area contributed by atoms with Crippen LogP contribution in [-0.2, 0) is 14.3 Å². The van der Waals surface area contributed by atoms with E-state index in [1.807, 2.05) is 24.3 Å². The fourth-order valence-electron chi connectivity index (χ4n) is 2.12. The van der Waals surface area contributed by atoms with Gasteiger partial charge < -0.3 is 9.64 Å². The monoisotopic (exact) mass is 323 g/mol. The summed E-state index contributed by atoms with van der Waals surface area (Å²) in [6.07, 6.45) is 3.61. The van der Waals surface area contributed by atoms with Gasteiger partial charge in [0.05, 0.1) is 6.04 Å². The molecule has 0 spiro atoms. The average molecular weight is 324 g/mol. The van der Waals surface area contributed by atoms with E-state index in [0.29, 0.717) is 0 Å². The smallest absolute Gasteiger partial charge is 0.302 e. The Morgan fingerprint density at radius 3 is 2.74 bits per heavy atom. The normalized spacial score (nSPS) is 17.0. The largest absolute Gasteiger partial charge is 0.463 e. The fraction of sp³-hybridized carbons (Fsp3) is 0.286. The highest BCUT2D eigenvalue weighted by molar-refractivity contribution is 9.10. The predicted molar refractivity (Wildman–Crippen MR) is 75.1 cm³/mol. The zero-order valence-electron chi connectivity index (χ0n) is 10.7. The summed E-state index contributed by atoms with van der Waals surface area (Å²) >= 11 is 3.48. The van der Waals surface area contributed by atoms with Crippen LogP contribution in [0.4, 0.5) is 0 Å². The third kappa shape index (κ3) is 2.87. The Bertz CT molecular complexity index is 554. The lowest BCUT2D eigenvalue weighted by Crippen LogP contribution is -2.34. The Hall–Kier alpha value is -1.62. The van der Waals surface area contributed by atoms with Crippen LogP contribution in [-0.4, -0.2) is 23.4 Å². The standard InChI is InChI=1S/C14H14BrNO3/c1-9(17)16-7-6-11-12(4-3-5-13(11)15)14(16)8-19-10(2)18/h3-7,14H,8H2,1-2H3. The van der Waals surface area contributed by atoms with E-state index in [-0.39, 0.29) is 24.5 Å². The summed E-state index contributed by atoms with van der Waals surface area (Å²) in [5.74, 6) is -0.436. The van der Waals surface area contributed by atoms with Crippen LogP contribution in [0.1, 0.15) is 31.0 Å². The van der Waals surface area contributed by atoms with Crippen molar-refractivity contribution in [3.8, 4) is 0 Å². The maximum atomic E-state index is 11.7. The topological polar surface area (TPSA) is 46.6 Å². The highest BCUT2D eigenvalue weighted by Crippen LogP contribution is 2.34. The predicted octanol–water partition coefficient (Wildman–Crippen LogP) is 2.89. The number of carbonyl (C=O) groups is 2. The molecule has 1 aromatic rings. The van der Waals surface area contributed by atoms with Crippen LogP contribution < -0.4 is 0 Å². The number of carbonyl (C=O) groups excluding carboxylic acids is 2. The van der Waals surface area contributed by atoms with Gasteiger partial charge in [-0.15, -0.1) is 0 Å². The van der Waals surface area contributed by atoms with Gasteiger partial charge >= 0.3 is 5.97 Å². The minimum absolute atomic E-state index is 0.0842. The zero-order chi connectivity index (χ0) is 14.0. The quantitative estimate of drug-likeness (QED) is 0.786. The molecule has 1 aromatic carbocycles. The van der Waals surface area contributed by atoms with Crippen LogP contribution in [0.25, 0.3) is 6.08 Å². The Morgan fingerprint density at radius 2 is 2.11 bits per heavy atom. The number of benzene rings is 1. The van der Waals surface area contributed by atoms with E-state index in [4.69, 9.17) is 4.74 Å². The van der Waals surface area contributed by atoms with Crippen LogP contribution >= 0.6 is 15.9 Å². The molecule has 19 heavy (non-hydrogen) atoms. The van der Waals surface area contributed by atoms with Gasteiger partial charge in [-0.1, -0.05) is 28.1 Å². The second-order valence-electron chi connectivity index (χ2n) is 4.30. The first-order chi connectivity index (χ1) is 9.00. The van der Waals surface area contributed by atoms with E-state index in [0.717, 1.165) is 15.6 Å². The summed E-state index contributed by atoms with van der Waals surface area (Å²) in [6.45, 7) is 3.01. The molecule has 1 unspecified atom stereocenters. The van der Waals surface area contributed by atoms with Gasteiger partial charge in [0, 0.05) is 24.5 Å². The van der Waals surface area contributed by atoms with Gasteiger partial charge in [-0.25, -0.2) is 0 Å². The third-order valence-corrected chi connectivity index (χ3v) is 3.68. The molecule has 0 radical (unpaired) electrons. The lowest BCUT2D eigenvalue weighted by atomic mass is 9.96. The summed E-state index contributed by atoms with van der Waals surface area (Å²) in [7, 11) is 0. The lowest BCUT2D eigenvalue weighted by Gasteiger charge is -2.32. The molecule has 0 N–H and O–H groups in total. The maximum Gasteiger partial charge on any atom is 0.302 e. The van der Waals surface area contributed by atoms with Gasteiger partial charge in [0.1, 0.15) is 6.61 Å². The van der Waals surface area contributed by atoms with Crippen molar-refractivity contribution in [3.05, 3.63) is 40.0 Å². The molecule has 0 aliphatic carbocycles. The molecule has 2 rings (SSSR count). The molecule has 1 atom stereocenters. The second kappa shape index (κ2) is 5.57. The van der Waals surface area contributed by atoms with Crippen molar-refractivity contribution in [1.29, 1.82) is 0 Å². The molecule has 1 amide bonds. The number of hydrogen-bond acceptors (Lipinski definition) is 3. The number of nitrogens with zero attached hydrogens (tertiary/aromatic N) is 1. The molecular weight excluding hydrogens is 310 g/mol. The lowest BCUT2D eigenvalue weighted by molar-refractivity contribution is -0.144. The minimum atomic E-state index is -0.352. The van der Waals surface area contributed by atoms with E-state index in [1.54, 1.807) is 11.1 Å². The van der Waals surface area contributed by atoms with Crippen molar-refractivity contribution < 1.29 is 14.3 Å². The zero-order valence-corrected chi connectivity index (χ0v) is 12.3. The summed E-state index contributed by atoms with van der Waals surface area (Å²) in [4.78, 5) is 24.2. The summed E-state index contributed by atoms with van der Waals surface area (Å²) < 4.78 is 6.03. The minimum Gasteiger partial charge on any atom is -0.463 e.